The van der Waals surface area contributed by atoms with Gasteiger partial charge in [0.05, 0.1) is 0 Å². The summed E-state index contributed by atoms with van der Waals surface area (Å²) in [5.41, 5.74) is 3.98. The van der Waals surface area contributed by atoms with E-state index < -0.39 is 0 Å². The van der Waals surface area contributed by atoms with Crippen molar-refractivity contribution in [3.63, 3.8) is 0 Å². The first-order valence-electron chi connectivity index (χ1n) is 9.12. The highest BCUT2D eigenvalue weighted by Gasteiger charge is 2.06. The monoisotopic (exact) mass is 354 g/mol. The van der Waals surface area contributed by atoms with Crippen molar-refractivity contribution in [2.45, 2.75) is 52.7 Å². The molecule has 0 aliphatic rings. The molecule has 0 saturated heterocycles. The van der Waals surface area contributed by atoms with Crippen molar-refractivity contribution in [2.24, 2.45) is 0 Å². The molecular weight excluding hydrogens is 328 g/mol. The quantitative estimate of drug-likeness (QED) is 0.592. The molecule has 0 spiro atoms. The summed E-state index contributed by atoms with van der Waals surface area (Å²) in [5, 5.41) is 0. The lowest BCUT2D eigenvalue weighted by molar-refractivity contribution is -0.145. The molecule has 0 heterocycles. The standard InChI is InChI=1S/C22H26O4/c1-3-7-21(23)25-15-17-9-5-11-19(13-17)20-12-6-10-18(14-20)16-26-22(24)8-4-2/h5-6,9-14H,3-4,7-8,15-16H2,1-2H3. The van der Waals surface area contributed by atoms with E-state index in [9.17, 15) is 9.59 Å². The van der Waals surface area contributed by atoms with Gasteiger partial charge in [0.2, 0.25) is 0 Å². The predicted octanol–water partition coefficient (Wildman–Crippen LogP) is 5.04. The molecule has 0 aliphatic carbocycles. The normalized spacial score (nSPS) is 10.4. The summed E-state index contributed by atoms with van der Waals surface area (Å²) in [5.74, 6) is -0.345. The third-order valence-corrected chi connectivity index (χ3v) is 3.90. The van der Waals surface area contributed by atoms with E-state index in [0.29, 0.717) is 12.8 Å². The van der Waals surface area contributed by atoms with Gasteiger partial charge in [-0.2, -0.15) is 0 Å². The van der Waals surface area contributed by atoms with E-state index >= 15 is 0 Å². The highest BCUT2D eigenvalue weighted by molar-refractivity contribution is 5.70. The highest BCUT2D eigenvalue weighted by atomic mass is 16.5. The van der Waals surface area contributed by atoms with Gasteiger partial charge >= 0.3 is 11.9 Å². The number of carbonyl (C=O) groups excluding carboxylic acids is 2. The summed E-state index contributed by atoms with van der Waals surface area (Å²) in [6, 6.07) is 15.8. The van der Waals surface area contributed by atoms with Crippen molar-refractivity contribution in [3.05, 3.63) is 59.7 Å². The van der Waals surface area contributed by atoms with Crippen LogP contribution in [0.25, 0.3) is 11.1 Å². The molecule has 2 aromatic carbocycles. The van der Waals surface area contributed by atoms with E-state index in [2.05, 4.69) is 0 Å². The van der Waals surface area contributed by atoms with Gasteiger partial charge in [0.15, 0.2) is 0 Å². The molecule has 0 N–H and O–H groups in total. The number of hydrogen-bond acceptors (Lipinski definition) is 4. The molecule has 0 unspecified atom stereocenters. The van der Waals surface area contributed by atoms with E-state index in [-0.39, 0.29) is 25.2 Å². The Morgan fingerprint density at radius 3 is 1.54 bits per heavy atom. The maximum absolute atomic E-state index is 11.5. The maximum Gasteiger partial charge on any atom is 0.306 e. The molecular formula is C22H26O4. The minimum Gasteiger partial charge on any atom is -0.461 e. The fourth-order valence-corrected chi connectivity index (χ4v) is 2.56. The van der Waals surface area contributed by atoms with Crippen molar-refractivity contribution >= 4 is 11.9 Å². The second-order valence-corrected chi connectivity index (χ2v) is 6.22. The molecule has 138 valence electrons. The van der Waals surface area contributed by atoms with Crippen LogP contribution in [0.4, 0.5) is 0 Å². The molecule has 2 aromatic rings. The molecule has 0 fully saturated rings. The Morgan fingerprint density at radius 2 is 1.15 bits per heavy atom. The zero-order chi connectivity index (χ0) is 18.8. The topological polar surface area (TPSA) is 52.6 Å². The molecule has 0 saturated carbocycles. The summed E-state index contributed by atoms with van der Waals surface area (Å²) in [6.07, 6.45) is 2.46. The molecule has 0 radical (unpaired) electrons. The van der Waals surface area contributed by atoms with Crippen LogP contribution < -0.4 is 0 Å². The first-order chi connectivity index (χ1) is 12.6. The number of benzene rings is 2. The smallest absolute Gasteiger partial charge is 0.306 e. The molecule has 26 heavy (non-hydrogen) atoms. The van der Waals surface area contributed by atoms with Gasteiger partial charge in [0.1, 0.15) is 13.2 Å². The summed E-state index contributed by atoms with van der Waals surface area (Å²) in [7, 11) is 0. The molecule has 0 aromatic heterocycles. The van der Waals surface area contributed by atoms with Gasteiger partial charge in [0, 0.05) is 12.8 Å². The molecule has 0 bridgehead atoms. The Kier molecular flexibility index (Phi) is 7.87. The number of ether oxygens (including phenoxy) is 2. The van der Waals surface area contributed by atoms with E-state index in [0.717, 1.165) is 35.1 Å². The molecule has 0 amide bonds. The van der Waals surface area contributed by atoms with Gasteiger partial charge in [-0.05, 0) is 47.2 Å². The van der Waals surface area contributed by atoms with Crippen LogP contribution in [-0.4, -0.2) is 11.9 Å². The fourth-order valence-electron chi connectivity index (χ4n) is 2.56. The SMILES string of the molecule is CCCC(=O)OCc1cccc(-c2cccc(COC(=O)CCC)c2)c1. The van der Waals surface area contributed by atoms with Crippen LogP contribution in [-0.2, 0) is 32.3 Å². The third kappa shape index (κ3) is 6.36. The lowest BCUT2D eigenvalue weighted by Crippen LogP contribution is -2.04. The second kappa shape index (κ2) is 10.4. The van der Waals surface area contributed by atoms with Crippen molar-refractivity contribution in [1.82, 2.24) is 0 Å². The Balaban J connectivity index is 2.04. The van der Waals surface area contributed by atoms with Gasteiger partial charge in [-0.1, -0.05) is 50.2 Å². The van der Waals surface area contributed by atoms with Crippen LogP contribution >= 0.6 is 0 Å². The van der Waals surface area contributed by atoms with Gasteiger partial charge in [-0.3, -0.25) is 9.59 Å². The first kappa shape index (κ1) is 19.7. The Hall–Kier alpha value is -2.62. The Labute approximate surface area is 155 Å². The van der Waals surface area contributed by atoms with Gasteiger partial charge in [-0.15, -0.1) is 0 Å². The summed E-state index contributed by atoms with van der Waals surface area (Å²) in [4.78, 5) is 23.1. The zero-order valence-electron chi connectivity index (χ0n) is 15.5. The van der Waals surface area contributed by atoms with Crippen molar-refractivity contribution in [1.29, 1.82) is 0 Å². The average molecular weight is 354 g/mol. The van der Waals surface area contributed by atoms with Crippen LogP contribution in [0.15, 0.2) is 48.5 Å². The van der Waals surface area contributed by atoms with Gasteiger partial charge in [0.25, 0.3) is 0 Å². The van der Waals surface area contributed by atoms with Crippen LogP contribution in [0.2, 0.25) is 0 Å². The predicted molar refractivity (Wildman–Crippen MR) is 101 cm³/mol. The Morgan fingerprint density at radius 1 is 0.731 bits per heavy atom. The molecule has 4 heteroatoms. The van der Waals surface area contributed by atoms with Crippen molar-refractivity contribution < 1.29 is 19.1 Å². The first-order valence-corrected chi connectivity index (χ1v) is 9.12. The number of esters is 2. The number of carbonyl (C=O) groups is 2. The molecule has 4 nitrogen and oxygen atoms in total. The van der Waals surface area contributed by atoms with Crippen LogP contribution in [0.5, 0.6) is 0 Å². The minimum absolute atomic E-state index is 0.172. The largest absolute Gasteiger partial charge is 0.461 e. The Bertz CT molecular complexity index is 673. The maximum atomic E-state index is 11.5. The van der Waals surface area contributed by atoms with E-state index in [1.807, 2.05) is 62.4 Å². The minimum atomic E-state index is -0.172. The molecule has 2 rings (SSSR count). The van der Waals surface area contributed by atoms with Crippen molar-refractivity contribution in [2.75, 3.05) is 0 Å². The summed E-state index contributed by atoms with van der Waals surface area (Å²) >= 11 is 0. The highest BCUT2D eigenvalue weighted by Crippen LogP contribution is 2.22. The van der Waals surface area contributed by atoms with Gasteiger partial charge < -0.3 is 9.47 Å². The average Bonchev–Trinajstić information content (AvgIpc) is 2.66. The second-order valence-electron chi connectivity index (χ2n) is 6.22. The van der Waals surface area contributed by atoms with Crippen LogP contribution in [0, 0.1) is 0 Å². The fraction of sp³-hybridized carbons (Fsp3) is 0.364. The lowest BCUT2D eigenvalue weighted by Gasteiger charge is -2.09. The number of hydrogen-bond donors (Lipinski definition) is 0. The molecule has 0 atom stereocenters. The van der Waals surface area contributed by atoms with E-state index in [1.54, 1.807) is 0 Å². The van der Waals surface area contributed by atoms with E-state index in [4.69, 9.17) is 9.47 Å². The zero-order valence-corrected chi connectivity index (χ0v) is 15.5. The summed E-state index contributed by atoms with van der Waals surface area (Å²) in [6.45, 7) is 4.46. The molecule has 0 aliphatic heterocycles. The van der Waals surface area contributed by atoms with Crippen LogP contribution in [0.3, 0.4) is 0 Å². The third-order valence-electron chi connectivity index (χ3n) is 3.90. The van der Waals surface area contributed by atoms with E-state index in [1.165, 1.54) is 0 Å². The summed E-state index contributed by atoms with van der Waals surface area (Å²) < 4.78 is 10.5. The van der Waals surface area contributed by atoms with Gasteiger partial charge in [-0.25, -0.2) is 0 Å². The van der Waals surface area contributed by atoms with Crippen LogP contribution in [0.1, 0.15) is 50.7 Å². The lowest BCUT2D eigenvalue weighted by atomic mass is 10.0. The number of rotatable bonds is 9. The van der Waals surface area contributed by atoms with Crippen molar-refractivity contribution in [3.8, 4) is 11.1 Å².